The van der Waals surface area contributed by atoms with E-state index in [0.29, 0.717) is 12.6 Å². The van der Waals surface area contributed by atoms with Gasteiger partial charge in [0.2, 0.25) is 6.33 Å². The van der Waals surface area contributed by atoms with E-state index in [4.69, 9.17) is 0 Å². The van der Waals surface area contributed by atoms with Crippen molar-refractivity contribution in [3.8, 4) is 0 Å². The van der Waals surface area contributed by atoms with Crippen molar-refractivity contribution in [2.24, 2.45) is 0 Å². The lowest BCUT2D eigenvalue weighted by atomic mass is 10.3. The fourth-order valence-electron chi connectivity index (χ4n) is 1.31. The second kappa shape index (κ2) is 4.40. The largest absolute Gasteiger partial charge is 0.490 e. The second-order valence-electron chi connectivity index (χ2n) is 3.90. The van der Waals surface area contributed by atoms with E-state index in [9.17, 15) is 10.1 Å². The molecule has 0 atom stereocenters. The summed E-state index contributed by atoms with van der Waals surface area (Å²) in [6.45, 7) is 5.06. The molecule has 0 aromatic carbocycles. The molecule has 1 aliphatic rings. The molecule has 0 aliphatic heterocycles. The molecule has 0 radical (unpaired) electrons. The maximum Gasteiger partial charge on any atom is 0.490 e. The second-order valence-corrected chi connectivity index (χ2v) is 3.90. The number of aromatic nitrogens is 3. The lowest BCUT2D eigenvalue weighted by Crippen LogP contribution is -2.21. The first-order chi connectivity index (χ1) is 7.65. The third-order valence-corrected chi connectivity index (χ3v) is 2.29. The van der Waals surface area contributed by atoms with Crippen molar-refractivity contribution in [1.82, 2.24) is 20.1 Å². The molecule has 1 heterocycles. The van der Waals surface area contributed by atoms with Gasteiger partial charge in [0.1, 0.15) is 0 Å². The van der Waals surface area contributed by atoms with Crippen LogP contribution in [0.15, 0.2) is 18.5 Å². The topological polar surface area (TPSA) is 85.9 Å². The molecule has 1 aromatic rings. The lowest BCUT2D eigenvalue weighted by molar-refractivity contribution is -0.394. The number of hydrogen-bond acceptors (Lipinski definition) is 5. The molecule has 0 spiro atoms. The summed E-state index contributed by atoms with van der Waals surface area (Å²) in [5.41, 5.74) is 0.937. The third-order valence-electron chi connectivity index (χ3n) is 2.29. The first kappa shape index (κ1) is 10.7. The van der Waals surface area contributed by atoms with Gasteiger partial charge in [-0.25, -0.2) is 0 Å². The van der Waals surface area contributed by atoms with Gasteiger partial charge in [-0.3, -0.25) is 0 Å². The molecule has 1 saturated carbocycles. The zero-order valence-corrected chi connectivity index (χ0v) is 8.80. The van der Waals surface area contributed by atoms with Gasteiger partial charge in [0, 0.05) is 17.7 Å². The van der Waals surface area contributed by atoms with Gasteiger partial charge in [-0.15, -0.1) is 0 Å². The first-order valence-electron chi connectivity index (χ1n) is 5.09. The van der Waals surface area contributed by atoms with Crippen molar-refractivity contribution in [2.45, 2.75) is 25.4 Å². The van der Waals surface area contributed by atoms with Crippen molar-refractivity contribution in [2.75, 3.05) is 6.54 Å². The van der Waals surface area contributed by atoms with Gasteiger partial charge >= 0.3 is 5.95 Å². The third kappa shape index (κ3) is 2.86. The number of hydrogen-bond donors (Lipinski definition) is 1. The van der Waals surface area contributed by atoms with Crippen molar-refractivity contribution < 1.29 is 4.92 Å². The van der Waals surface area contributed by atoms with E-state index in [2.05, 4.69) is 22.0 Å². The molecule has 86 valence electrons. The standard InChI is InChI=1S/C9H13N5O2/c1-7(4-10-8-2-3-8)5-13-6-11-9(12-13)14(15)16/h6,8,10H,1-5H2. The summed E-state index contributed by atoms with van der Waals surface area (Å²) >= 11 is 0. The van der Waals surface area contributed by atoms with Gasteiger partial charge in [-0.05, 0) is 23.3 Å². The van der Waals surface area contributed by atoms with Crippen molar-refractivity contribution >= 4 is 5.95 Å². The van der Waals surface area contributed by atoms with Gasteiger partial charge in [-0.1, -0.05) is 11.6 Å². The zero-order chi connectivity index (χ0) is 11.5. The van der Waals surface area contributed by atoms with Gasteiger partial charge in [0.15, 0.2) is 0 Å². The molecule has 0 amide bonds. The van der Waals surface area contributed by atoms with Crippen LogP contribution in [0.2, 0.25) is 0 Å². The summed E-state index contributed by atoms with van der Waals surface area (Å²) < 4.78 is 1.43. The summed E-state index contributed by atoms with van der Waals surface area (Å²) in [5, 5.41) is 17.4. The Bertz CT molecular complexity index is 410. The SMILES string of the molecule is C=C(CNC1CC1)Cn1cnc([N+](=O)[O-])n1. The van der Waals surface area contributed by atoms with Gasteiger partial charge < -0.3 is 15.4 Å². The average molecular weight is 223 g/mol. The highest BCUT2D eigenvalue weighted by Gasteiger charge is 2.20. The minimum absolute atomic E-state index is 0.372. The van der Waals surface area contributed by atoms with E-state index in [1.54, 1.807) is 0 Å². The lowest BCUT2D eigenvalue weighted by Gasteiger charge is -2.04. The Morgan fingerprint density at radius 3 is 3.06 bits per heavy atom. The average Bonchev–Trinajstić information content (AvgIpc) is 2.95. The summed E-state index contributed by atoms with van der Waals surface area (Å²) in [6, 6.07) is 0.627. The molecule has 1 aromatic heterocycles. The molecule has 16 heavy (non-hydrogen) atoms. The predicted octanol–water partition coefficient (Wildman–Crippen LogP) is 0.494. The van der Waals surface area contributed by atoms with Crippen molar-refractivity contribution in [3.05, 3.63) is 28.6 Å². The van der Waals surface area contributed by atoms with E-state index in [1.807, 2.05) is 0 Å². The van der Waals surface area contributed by atoms with Crippen LogP contribution in [0.1, 0.15) is 12.8 Å². The van der Waals surface area contributed by atoms with E-state index in [-0.39, 0.29) is 5.95 Å². The van der Waals surface area contributed by atoms with Crippen LogP contribution in [0.25, 0.3) is 0 Å². The Kier molecular flexibility index (Phi) is 2.95. The summed E-state index contributed by atoms with van der Waals surface area (Å²) in [5.74, 6) is -0.372. The molecular weight excluding hydrogens is 210 g/mol. The van der Waals surface area contributed by atoms with Crippen LogP contribution < -0.4 is 5.32 Å². The Morgan fingerprint density at radius 1 is 1.75 bits per heavy atom. The van der Waals surface area contributed by atoms with Crippen LogP contribution in [0, 0.1) is 10.1 Å². The summed E-state index contributed by atoms with van der Waals surface area (Å²) in [4.78, 5) is 13.3. The van der Waals surface area contributed by atoms with Crippen LogP contribution in [-0.4, -0.2) is 32.3 Å². The molecule has 1 N–H and O–H groups in total. The molecule has 0 saturated heterocycles. The number of rotatable bonds is 6. The Labute approximate surface area is 92.3 Å². The Morgan fingerprint density at radius 2 is 2.50 bits per heavy atom. The molecular formula is C9H13N5O2. The minimum Gasteiger partial charge on any atom is -0.390 e. The normalized spacial score (nSPS) is 15.0. The molecule has 0 bridgehead atoms. The van der Waals surface area contributed by atoms with Crippen molar-refractivity contribution in [1.29, 1.82) is 0 Å². The van der Waals surface area contributed by atoms with Crippen LogP contribution in [0.4, 0.5) is 5.95 Å². The van der Waals surface area contributed by atoms with Crippen LogP contribution >= 0.6 is 0 Å². The molecule has 0 unspecified atom stereocenters. The van der Waals surface area contributed by atoms with Gasteiger partial charge in [0.25, 0.3) is 0 Å². The molecule has 7 nitrogen and oxygen atoms in total. The zero-order valence-electron chi connectivity index (χ0n) is 8.80. The fourth-order valence-corrected chi connectivity index (χ4v) is 1.31. The maximum absolute atomic E-state index is 10.4. The minimum atomic E-state index is -0.609. The van der Waals surface area contributed by atoms with Crippen LogP contribution in [0.3, 0.4) is 0 Å². The Hall–Kier alpha value is -1.76. The quantitative estimate of drug-likeness (QED) is 0.431. The molecule has 1 fully saturated rings. The summed E-state index contributed by atoms with van der Waals surface area (Å²) in [7, 11) is 0. The highest BCUT2D eigenvalue weighted by atomic mass is 16.6. The van der Waals surface area contributed by atoms with Gasteiger partial charge in [0.05, 0.1) is 6.54 Å². The fraction of sp³-hybridized carbons (Fsp3) is 0.556. The number of nitrogens with one attached hydrogen (secondary N) is 1. The number of nitro groups is 1. The van der Waals surface area contributed by atoms with Crippen molar-refractivity contribution in [3.63, 3.8) is 0 Å². The summed E-state index contributed by atoms with van der Waals surface area (Å²) in [6.07, 6.45) is 3.80. The molecule has 7 heteroatoms. The smallest absolute Gasteiger partial charge is 0.390 e. The highest BCUT2D eigenvalue weighted by Crippen LogP contribution is 2.18. The van der Waals surface area contributed by atoms with E-state index in [0.717, 1.165) is 12.1 Å². The van der Waals surface area contributed by atoms with E-state index < -0.39 is 4.92 Å². The maximum atomic E-state index is 10.4. The van der Waals surface area contributed by atoms with Gasteiger partial charge in [-0.2, -0.15) is 4.68 Å². The van der Waals surface area contributed by atoms with Crippen LogP contribution in [-0.2, 0) is 6.54 Å². The monoisotopic (exact) mass is 223 g/mol. The first-order valence-corrected chi connectivity index (χ1v) is 5.09. The van der Waals surface area contributed by atoms with E-state index >= 15 is 0 Å². The Balaban J connectivity index is 1.82. The molecule has 2 rings (SSSR count). The highest BCUT2D eigenvalue weighted by molar-refractivity contribution is 5.02. The van der Waals surface area contributed by atoms with E-state index in [1.165, 1.54) is 23.9 Å². The number of nitrogens with zero attached hydrogens (tertiary/aromatic N) is 4. The van der Waals surface area contributed by atoms with Crippen LogP contribution in [0.5, 0.6) is 0 Å². The molecule has 1 aliphatic carbocycles. The predicted molar refractivity (Wildman–Crippen MR) is 56.8 cm³/mol.